The molecule has 3 N–H and O–H groups in total. The van der Waals surface area contributed by atoms with Gasteiger partial charge in [-0.05, 0) is 241 Å². The zero-order chi connectivity index (χ0) is 79.8. The first-order valence-electron chi connectivity index (χ1n) is 40.6. The van der Waals surface area contributed by atoms with Gasteiger partial charge in [0.25, 0.3) is 0 Å². The van der Waals surface area contributed by atoms with Gasteiger partial charge >= 0.3 is 278 Å². The van der Waals surface area contributed by atoms with E-state index in [0.717, 1.165) is 71.3 Å². The third-order valence-electron chi connectivity index (χ3n) is 22.7. The Bertz CT molecular complexity index is 3630. The van der Waals surface area contributed by atoms with Crippen LogP contribution in [0, 0.1) is 93.4 Å². The van der Waals surface area contributed by atoms with Gasteiger partial charge in [0.15, 0.2) is 0 Å². The summed E-state index contributed by atoms with van der Waals surface area (Å²) < 4.78 is 22.6. The molecular weight excluding hydrogens is 1740 g/mol. The number of nitrogens with zero attached hydrogens (tertiary/aromatic N) is 5. The van der Waals surface area contributed by atoms with E-state index in [-0.39, 0.29) is 26.2 Å². The minimum Gasteiger partial charge on any atom is -0.507 e. The Kier molecular flexibility index (Phi) is 38.9. The van der Waals surface area contributed by atoms with Crippen LogP contribution < -0.4 is 28.9 Å². The average Bonchev–Trinajstić information content (AvgIpc) is 1.30. The van der Waals surface area contributed by atoms with Gasteiger partial charge in [-0.25, -0.2) is 0 Å². The number of anilines is 3. The summed E-state index contributed by atoms with van der Waals surface area (Å²) in [5.41, 5.74) is 23.8. The number of para-hydroxylation sites is 3. The normalized spacial score (nSPS) is 20.7. The molecule has 0 radical (unpaired) electrons. The van der Waals surface area contributed by atoms with Crippen LogP contribution in [0.25, 0.3) is 0 Å². The van der Waals surface area contributed by atoms with Gasteiger partial charge in [-0.3, -0.25) is 15.6 Å². The van der Waals surface area contributed by atoms with E-state index in [1.54, 1.807) is 96.3 Å². The van der Waals surface area contributed by atoms with Crippen molar-refractivity contribution in [3.8, 4) is 17.2 Å². The molecule has 110 heavy (non-hydrogen) atoms. The van der Waals surface area contributed by atoms with Crippen LogP contribution in [0.4, 0.5) is 17.1 Å². The van der Waals surface area contributed by atoms with Gasteiger partial charge in [-0.15, -0.1) is 0 Å². The van der Waals surface area contributed by atoms with Gasteiger partial charge in [0.1, 0.15) is 0 Å². The Hall–Kier alpha value is -3.01. The molecule has 2 aliphatic heterocycles. The number of hydrogen-bond donors (Lipinski definition) is 3. The van der Waals surface area contributed by atoms with E-state index in [2.05, 4.69) is 149 Å². The maximum Gasteiger partial charge on any atom is 0.0685 e. The van der Waals surface area contributed by atoms with Crippen LogP contribution in [0.1, 0.15) is 243 Å². The van der Waals surface area contributed by atoms with Crippen LogP contribution in [-0.4, -0.2) is 107 Å². The predicted octanol–water partition coefficient (Wildman–Crippen LogP) is 24.7. The molecule has 6 aromatic rings. The minimum absolute atomic E-state index is 0.0465. The average molecular weight is 1870 g/mol. The molecule has 7 aliphatic carbocycles. The molecule has 0 atom stereocenters. The van der Waals surface area contributed by atoms with E-state index in [9.17, 15) is 0 Å². The van der Waals surface area contributed by atoms with E-state index in [1.165, 1.54) is 129 Å². The summed E-state index contributed by atoms with van der Waals surface area (Å²) in [4.78, 5) is 10.1. The second kappa shape index (κ2) is 46.2. The number of ether oxygens (including phenoxy) is 3. The number of rotatable bonds is 16. The first-order valence-corrected chi connectivity index (χ1v) is 54.3. The van der Waals surface area contributed by atoms with E-state index < -0.39 is 32.4 Å². The van der Waals surface area contributed by atoms with Crippen molar-refractivity contribution in [1.82, 2.24) is 10.3 Å². The molecule has 2 saturated heterocycles. The third kappa shape index (κ3) is 28.7. The van der Waals surface area contributed by atoms with Crippen molar-refractivity contribution < 1.29 is 74.7 Å². The van der Waals surface area contributed by atoms with Crippen LogP contribution in [0.2, 0.25) is 0 Å². The third-order valence-corrected chi connectivity index (χ3v) is 31.4. The smallest absolute Gasteiger partial charge is 0.0685 e. The van der Waals surface area contributed by atoms with E-state index in [1.807, 2.05) is 128 Å². The Morgan fingerprint density at radius 2 is 0.709 bits per heavy atom. The minimum atomic E-state index is -1.77. The molecule has 613 valence electrons. The van der Waals surface area contributed by atoms with E-state index in [4.69, 9.17) is 68.6 Å². The van der Waals surface area contributed by atoms with Crippen molar-refractivity contribution in [2.75, 3.05) is 40.9 Å². The van der Waals surface area contributed by atoms with Crippen molar-refractivity contribution in [1.29, 1.82) is 0 Å². The van der Waals surface area contributed by atoms with Gasteiger partial charge in [0.2, 0.25) is 0 Å². The molecule has 0 spiro atoms. The van der Waals surface area contributed by atoms with E-state index in [0.29, 0.717) is 5.54 Å². The Morgan fingerprint density at radius 1 is 0.436 bits per heavy atom. The van der Waals surface area contributed by atoms with Gasteiger partial charge in [-0.2, -0.15) is 13.3 Å². The van der Waals surface area contributed by atoms with Gasteiger partial charge in [0, 0.05) is 44.6 Å². The molecule has 0 unspecified atom stereocenters. The Labute approximate surface area is 701 Å². The quantitative estimate of drug-likeness (QED) is 0.0373. The summed E-state index contributed by atoms with van der Waals surface area (Å²) in [5, 5.41) is 20.0. The zero-order valence-electron chi connectivity index (χ0n) is 68.5. The molecule has 2 heterocycles. The maximum absolute atomic E-state index is 7.00. The molecular formula is C91H131Cl4N5O6PRu3. The van der Waals surface area contributed by atoms with Crippen molar-refractivity contribution in [3.05, 3.63) is 189 Å². The van der Waals surface area contributed by atoms with Crippen LogP contribution in [-0.2, 0) is 44.9 Å². The number of benzene rings is 6. The summed E-state index contributed by atoms with van der Waals surface area (Å²) in [7, 11) is 23.2. The molecule has 19 heteroatoms. The van der Waals surface area contributed by atoms with Crippen LogP contribution in [0.5, 0.6) is 17.2 Å². The Balaban J connectivity index is 0.000000167. The summed E-state index contributed by atoms with van der Waals surface area (Å²) in [5.74, 6) is 5.74. The number of hydrogen-bond acceptors (Lipinski definition) is 11. The van der Waals surface area contributed by atoms with Gasteiger partial charge in [-0.1, -0.05) is 72.4 Å². The van der Waals surface area contributed by atoms with E-state index >= 15 is 0 Å². The molecule has 9 aliphatic rings. The summed E-state index contributed by atoms with van der Waals surface area (Å²) in [6.45, 7) is 41.2. The summed E-state index contributed by atoms with van der Waals surface area (Å²) in [6, 6.07) is 37.4. The number of aryl methyl sites for hydroxylation is 9. The SMILES string of the molecule is C1CCC([PH+](C2CCCCC2)C2CCCCC2)CC1.CC(C)Oc1ccccc1[CH]=[Ru+].CC(C)Oc1ccccc1[CH]=[Ru]([Cl])[Cl].CC(C)Oc1ccccc1[CH]=[Ru]([Cl])[Cl].Cc1cc(C)c(N2[CH-]N(C34CC5CC(CC(C5)C3)C4)CC2)c(C)c1.Cc1cc(C)c(N2[CH-]N(c3c(C)cc(C)cc3C)CC2)c(C)c1.ON(O)O. The monoisotopic (exact) mass is 1870 g/mol. The molecule has 9 fully saturated rings. The van der Waals surface area contributed by atoms with Crippen LogP contribution in [0.15, 0.2) is 109 Å². The van der Waals surface area contributed by atoms with Crippen molar-refractivity contribution >= 4 is 77.6 Å². The van der Waals surface area contributed by atoms with Crippen molar-refractivity contribution in [3.63, 3.8) is 0 Å². The Morgan fingerprint density at radius 3 is 1.00 bits per heavy atom. The topological polar surface area (TPSA) is 105 Å². The molecule has 0 aromatic heterocycles. The summed E-state index contributed by atoms with van der Waals surface area (Å²) in [6.07, 6.45) is 33.4. The maximum atomic E-state index is 7.00. The molecule has 15 rings (SSSR count). The van der Waals surface area contributed by atoms with Crippen molar-refractivity contribution in [2.24, 2.45) is 17.8 Å². The first kappa shape index (κ1) is 92.5. The standard InChI is InChI=1S/C22H31N2.C21H27N2.C18H33P.3C10H12O.4ClH.H3NO3.3Ru/c1-15-6-16(2)21(17(3)7-15)23-4-5-24(14-23)22-11-18-8-19(12-22)10-20(9-18)13-22;1-14-9-16(3)20(17(4)10-14)22-7-8-23(13-22)21-18(5)11-15(2)12-19(21)6;1-4-10-16(11-5-1)19(17-12-6-2-7-13-17)18-14-8-3-9-15-18;3*1-8(2)11-10-7-5-4-6-9(10)3;;;;;2-1(3)4;;;/h6-7,14,18-20H,4-5,8-13H2,1-3H3;9-13H,7-8H2,1-6H3;16-18H,1-15H2;3*3-8H,1-2H3;4*1H;2-4H;;;/q2*-1;;;;;;;;;;+1;2*+2/p-3. The van der Waals surface area contributed by atoms with Gasteiger partial charge < -0.3 is 19.6 Å². The number of halogens is 4. The first-order chi connectivity index (χ1) is 52.5. The predicted molar refractivity (Wildman–Crippen MR) is 462 cm³/mol. The molecule has 4 bridgehead atoms. The fourth-order valence-corrected chi connectivity index (χ4v) is 28.7. The molecule has 0 amide bonds. The summed E-state index contributed by atoms with van der Waals surface area (Å²) >= 11 is -1.05. The molecule has 6 aromatic carbocycles. The molecule has 7 saturated carbocycles. The van der Waals surface area contributed by atoms with Crippen LogP contribution >= 0.6 is 46.7 Å². The second-order valence-electron chi connectivity index (χ2n) is 33.0. The fourth-order valence-electron chi connectivity index (χ4n) is 19.4. The molecule has 11 nitrogen and oxygen atoms in total. The second-order valence-corrected chi connectivity index (χ2v) is 48.4. The largest absolute Gasteiger partial charge is 0.507 e. The van der Waals surface area contributed by atoms with Crippen molar-refractivity contribution in [2.45, 2.75) is 280 Å². The van der Waals surface area contributed by atoms with Gasteiger partial charge in [0.05, 0.1) is 22.4 Å². The fraction of sp³-hybridized carbons (Fsp3) is 0.549. The van der Waals surface area contributed by atoms with Crippen LogP contribution in [0.3, 0.4) is 0 Å². The zero-order valence-corrected chi connectivity index (χ0v) is 77.8.